The number of anilines is 2. The third-order valence-electron chi connectivity index (χ3n) is 2.93. The summed E-state index contributed by atoms with van der Waals surface area (Å²) in [5.41, 5.74) is 0. The van der Waals surface area contributed by atoms with Crippen molar-refractivity contribution in [2.45, 2.75) is 32.7 Å². The van der Waals surface area contributed by atoms with E-state index in [1.165, 1.54) is 0 Å². The first-order valence-electron chi connectivity index (χ1n) is 7.14. The molecular formula is C14H22N6. The summed E-state index contributed by atoms with van der Waals surface area (Å²) < 4.78 is 2.09. The highest BCUT2D eigenvalue weighted by Crippen LogP contribution is 2.08. The average Bonchev–Trinajstić information content (AvgIpc) is 2.98. The molecule has 0 aliphatic rings. The van der Waals surface area contributed by atoms with Crippen LogP contribution in [0.15, 0.2) is 31.1 Å². The van der Waals surface area contributed by atoms with Gasteiger partial charge in [0, 0.05) is 38.1 Å². The Morgan fingerprint density at radius 2 is 1.90 bits per heavy atom. The highest BCUT2D eigenvalue weighted by atomic mass is 15.1. The maximum absolute atomic E-state index is 4.22. The highest BCUT2D eigenvalue weighted by Gasteiger charge is 1.97. The fourth-order valence-corrected chi connectivity index (χ4v) is 1.86. The second kappa shape index (κ2) is 8.14. The molecular weight excluding hydrogens is 252 g/mol. The zero-order chi connectivity index (χ0) is 14.0. The van der Waals surface area contributed by atoms with Crippen molar-refractivity contribution in [1.29, 1.82) is 0 Å². The molecule has 2 aromatic heterocycles. The van der Waals surface area contributed by atoms with Crippen LogP contribution in [0.5, 0.6) is 0 Å². The fourth-order valence-electron chi connectivity index (χ4n) is 1.86. The molecule has 20 heavy (non-hydrogen) atoms. The Hall–Kier alpha value is -2.11. The molecule has 0 spiro atoms. The Morgan fingerprint density at radius 1 is 1.10 bits per heavy atom. The number of aromatic nitrogens is 4. The van der Waals surface area contributed by atoms with Gasteiger partial charge in [0.25, 0.3) is 0 Å². The van der Waals surface area contributed by atoms with E-state index in [0.717, 1.165) is 50.5 Å². The van der Waals surface area contributed by atoms with Gasteiger partial charge < -0.3 is 15.2 Å². The zero-order valence-electron chi connectivity index (χ0n) is 11.9. The quantitative estimate of drug-likeness (QED) is 0.687. The summed E-state index contributed by atoms with van der Waals surface area (Å²) in [4.78, 5) is 12.4. The van der Waals surface area contributed by atoms with Crippen molar-refractivity contribution < 1.29 is 0 Å². The van der Waals surface area contributed by atoms with Gasteiger partial charge in [0.05, 0.1) is 6.33 Å². The molecule has 2 N–H and O–H groups in total. The van der Waals surface area contributed by atoms with Crippen LogP contribution in [0.2, 0.25) is 0 Å². The van der Waals surface area contributed by atoms with Crippen molar-refractivity contribution in [3.05, 3.63) is 31.1 Å². The summed E-state index contributed by atoms with van der Waals surface area (Å²) in [6.45, 7) is 4.99. The van der Waals surface area contributed by atoms with Gasteiger partial charge >= 0.3 is 0 Å². The Kier molecular flexibility index (Phi) is 5.82. The molecule has 0 bridgehead atoms. The number of imidazole rings is 1. The predicted molar refractivity (Wildman–Crippen MR) is 80.8 cm³/mol. The monoisotopic (exact) mass is 274 g/mol. The summed E-state index contributed by atoms with van der Waals surface area (Å²) in [5.74, 6) is 1.75. The van der Waals surface area contributed by atoms with Crippen molar-refractivity contribution in [1.82, 2.24) is 19.5 Å². The van der Waals surface area contributed by atoms with E-state index in [0.29, 0.717) is 0 Å². The van der Waals surface area contributed by atoms with Crippen molar-refractivity contribution in [2.75, 3.05) is 23.7 Å². The minimum absolute atomic E-state index is 0.876. The van der Waals surface area contributed by atoms with E-state index in [1.54, 1.807) is 6.33 Å². The second-order valence-corrected chi connectivity index (χ2v) is 4.65. The highest BCUT2D eigenvalue weighted by molar-refractivity contribution is 5.46. The predicted octanol–water partition coefficient (Wildman–Crippen LogP) is 2.39. The number of hydrogen-bond acceptors (Lipinski definition) is 5. The van der Waals surface area contributed by atoms with Crippen LogP contribution in [0, 0.1) is 0 Å². The first kappa shape index (κ1) is 14.3. The molecule has 108 valence electrons. The van der Waals surface area contributed by atoms with Gasteiger partial charge in [-0.05, 0) is 19.3 Å². The number of nitrogens with zero attached hydrogens (tertiary/aromatic N) is 4. The second-order valence-electron chi connectivity index (χ2n) is 4.65. The average molecular weight is 274 g/mol. The van der Waals surface area contributed by atoms with Crippen molar-refractivity contribution in [3.8, 4) is 0 Å². The van der Waals surface area contributed by atoms with Gasteiger partial charge in [0.15, 0.2) is 0 Å². The lowest BCUT2D eigenvalue weighted by molar-refractivity contribution is 0.620. The molecule has 2 rings (SSSR count). The van der Waals surface area contributed by atoms with Crippen LogP contribution in [-0.2, 0) is 6.54 Å². The normalized spacial score (nSPS) is 10.4. The van der Waals surface area contributed by atoms with E-state index in [1.807, 2.05) is 24.8 Å². The molecule has 0 fully saturated rings. The standard InChI is InChI=1S/C14H22N6/c1-2-5-16-13-10-14(19-11-18-13)17-6-3-4-8-20-9-7-15-12-20/h7,9-12H,2-6,8H2,1H3,(H2,16,17,18,19). The van der Waals surface area contributed by atoms with Crippen molar-refractivity contribution in [3.63, 3.8) is 0 Å². The van der Waals surface area contributed by atoms with Crippen LogP contribution >= 0.6 is 0 Å². The van der Waals surface area contributed by atoms with Gasteiger partial charge in [-0.3, -0.25) is 0 Å². The number of aryl methyl sites for hydroxylation is 1. The van der Waals surface area contributed by atoms with Crippen LogP contribution in [0.3, 0.4) is 0 Å². The van der Waals surface area contributed by atoms with Gasteiger partial charge in [0.2, 0.25) is 0 Å². The molecule has 6 nitrogen and oxygen atoms in total. The number of nitrogens with one attached hydrogen (secondary N) is 2. The van der Waals surface area contributed by atoms with Crippen LogP contribution in [0.4, 0.5) is 11.6 Å². The lowest BCUT2D eigenvalue weighted by Gasteiger charge is -2.08. The molecule has 0 saturated heterocycles. The van der Waals surface area contributed by atoms with Gasteiger partial charge in [-0.2, -0.15) is 0 Å². The van der Waals surface area contributed by atoms with E-state index >= 15 is 0 Å². The topological polar surface area (TPSA) is 67.7 Å². The number of hydrogen-bond donors (Lipinski definition) is 2. The SMILES string of the molecule is CCCNc1cc(NCCCCn2ccnc2)ncn1. The summed E-state index contributed by atoms with van der Waals surface area (Å²) in [7, 11) is 0. The lowest BCUT2D eigenvalue weighted by atomic mass is 10.3. The molecule has 0 aromatic carbocycles. The Morgan fingerprint density at radius 3 is 2.60 bits per heavy atom. The van der Waals surface area contributed by atoms with Gasteiger partial charge in [-0.15, -0.1) is 0 Å². The summed E-state index contributed by atoms with van der Waals surface area (Å²) in [5, 5.41) is 6.58. The maximum atomic E-state index is 4.22. The molecule has 2 heterocycles. The van der Waals surface area contributed by atoms with E-state index in [-0.39, 0.29) is 0 Å². The third-order valence-corrected chi connectivity index (χ3v) is 2.93. The minimum Gasteiger partial charge on any atom is -0.370 e. The van der Waals surface area contributed by atoms with E-state index < -0.39 is 0 Å². The molecule has 2 aromatic rings. The summed E-state index contributed by atoms with van der Waals surface area (Å²) in [6.07, 6.45) is 10.5. The van der Waals surface area contributed by atoms with Crippen LogP contribution in [0.25, 0.3) is 0 Å². The van der Waals surface area contributed by atoms with E-state index in [4.69, 9.17) is 0 Å². The number of unbranched alkanes of at least 4 members (excludes halogenated alkanes) is 1. The molecule has 0 amide bonds. The van der Waals surface area contributed by atoms with E-state index in [9.17, 15) is 0 Å². The van der Waals surface area contributed by atoms with Crippen LogP contribution in [0.1, 0.15) is 26.2 Å². The molecule has 0 radical (unpaired) electrons. The van der Waals surface area contributed by atoms with Gasteiger partial charge in [-0.25, -0.2) is 15.0 Å². The van der Waals surface area contributed by atoms with E-state index in [2.05, 4.69) is 37.1 Å². The van der Waals surface area contributed by atoms with Gasteiger partial charge in [0.1, 0.15) is 18.0 Å². The smallest absolute Gasteiger partial charge is 0.131 e. The summed E-state index contributed by atoms with van der Waals surface area (Å²) >= 11 is 0. The zero-order valence-corrected chi connectivity index (χ0v) is 11.9. The van der Waals surface area contributed by atoms with Crippen LogP contribution < -0.4 is 10.6 Å². The lowest BCUT2D eigenvalue weighted by Crippen LogP contribution is -2.07. The Labute approximate surface area is 119 Å². The van der Waals surface area contributed by atoms with Gasteiger partial charge in [-0.1, -0.05) is 6.92 Å². The molecule has 0 unspecified atom stereocenters. The van der Waals surface area contributed by atoms with Crippen molar-refractivity contribution in [2.24, 2.45) is 0 Å². The first-order valence-corrected chi connectivity index (χ1v) is 7.14. The Balaban J connectivity index is 1.65. The minimum atomic E-state index is 0.876. The first-order chi connectivity index (χ1) is 9.88. The largest absolute Gasteiger partial charge is 0.370 e. The van der Waals surface area contributed by atoms with Crippen LogP contribution in [-0.4, -0.2) is 32.6 Å². The molecule has 0 saturated carbocycles. The van der Waals surface area contributed by atoms with Crippen molar-refractivity contribution >= 4 is 11.6 Å². The molecule has 0 aliphatic heterocycles. The summed E-state index contributed by atoms with van der Waals surface area (Å²) in [6, 6.07) is 1.95. The third kappa shape index (κ3) is 4.87. The maximum Gasteiger partial charge on any atom is 0.131 e. The molecule has 0 atom stereocenters. The molecule has 0 aliphatic carbocycles. The molecule has 6 heteroatoms. The fraction of sp³-hybridized carbons (Fsp3) is 0.500. The number of rotatable bonds is 9. The Bertz CT molecular complexity index is 482.